The van der Waals surface area contributed by atoms with Gasteiger partial charge in [0.25, 0.3) is 0 Å². The number of nitrogens with zero attached hydrogens (tertiary/aromatic N) is 7. The molecule has 0 bridgehead atoms. The first-order chi connectivity index (χ1) is 20.0. The summed E-state index contributed by atoms with van der Waals surface area (Å²) in [7, 11) is 0. The van der Waals surface area contributed by atoms with Gasteiger partial charge in [-0.05, 0) is 55.0 Å². The summed E-state index contributed by atoms with van der Waals surface area (Å²) in [5.41, 5.74) is 1.91. The van der Waals surface area contributed by atoms with Crippen molar-refractivity contribution in [2.75, 3.05) is 10.6 Å². The van der Waals surface area contributed by atoms with Crippen molar-refractivity contribution in [1.29, 1.82) is 0 Å². The Bertz CT molecular complexity index is 1490. The van der Waals surface area contributed by atoms with Gasteiger partial charge in [0.05, 0.1) is 17.8 Å². The number of rotatable bonds is 13. The van der Waals surface area contributed by atoms with E-state index in [9.17, 15) is 22.8 Å². The quantitative estimate of drug-likeness (QED) is 0.213. The van der Waals surface area contributed by atoms with Crippen molar-refractivity contribution < 1.29 is 27.5 Å². The molecule has 0 aliphatic carbocycles. The monoisotopic (exact) mass is 603 g/mol. The van der Waals surface area contributed by atoms with Crippen LogP contribution >= 0.6 is 11.3 Å². The van der Waals surface area contributed by atoms with E-state index in [2.05, 4.69) is 46.1 Å². The van der Waals surface area contributed by atoms with Crippen LogP contribution in [0.15, 0.2) is 42.6 Å². The minimum atomic E-state index is -4.81. The number of hydrogen-bond acceptors (Lipinski definition) is 10. The fourth-order valence-corrected chi connectivity index (χ4v) is 4.53. The summed E-state index contributed by atoms with van der Waals surface area (Å²) in [6.45, 7) is 4.04. The van der Waals surface area contributed by atoms with Gasteiger partial charge >= 0.3 is 6.36 Å². The predicted molar refractivity (Wildman–Crippen MR) is 147 cm³/mol. The third-order valence-corrected chi connectivity index (χ3v) is 6.62. The molecule has 16 heteroatoms. The lowest BCUT2D eigenvalue weighted by molar-refractivity contribution is -0.274. The van der Waals surface area contributed by atoms with Crippen LogP contribution in [0.3, 0.4) is 0 Å². The van der Waals surface area contributed by atoms with Crippen LogP contribution in [-0.2, 0) is 35.4 Å². The molecular formula is C26H28F3N9O3S. The number of benzene rings is 1. The molecule has 3 aromatic heterocycles. The van der Waals surface area contributed by atoms with E-state index in [0.29, 0.717) is 23.5 Å². The van der Waals surface area contributed by atoms with Gasteiger partial charge in [-0.1, -0.05) is 42.5 Å². The molecule has 0 saturated carbocycles. The van der Waals surface area contributed by atoms with Crippen molar-refractivity contribution in [3.05, 3.63) is 64.6 Å². The van der Waals surface area contributed by atoms with Gasteiger partial charge < -0.3 is 10.1 Å². The molecule has 3 heterocycles. The summed E-state index contributed by atoms with van der Waals surface area (Å²) < 4.78 is 42.6. The van der Waals surface area contributed by atoms with Crippen molar-refractivity contribution >= 4 is 34.1 Å². The Morgan fingerprint density at radius 3 is 2.50 bits per heavy atom. The zero-order chi connectivity index (χ0) is 30.1. The second kappa shape index (κ2) is 13.9. The third kappa shape index (κ3) is 9.87. The smallest absolute Gasteiger partial charge is 0.406 e. The molecule has 2 N–H and O–H groups in total. The molecule has 0 saturated heterocycles. The van der Waals surface area contributed by atoms with E-state index in [-0.39, 0.29) is 30.6 Å². The molecule has 42 heavy (non-hydrogen) atoms. The predicted octanol–water partition coefficient (Wildman–Crippen LogP) is 4.33. The Kier molecular flexibility index (Phi) is 10.1. The molecule has 0 atom stereocenters. The lowest BCUT2D eigenvalue weighted by Crippen LogP contribution is -2.19. The largest absolute Gasteiger partial charge is 0.573 e. The fraction of sp³-hybridized carbons (Fsp3) is 0.385. The molecule has 0 radical (unpaired) electrons. The number of unbranched alkanes of at least 4 members (excludes halogenated alkanes) is 1. The molecule has 1 aromatic carbocycles. The first kappa shape index (κ1) is 30.5. The summed E-state index contributed by atoms with van der Waals surface area (Å²) in [6.07, 6.45) is -0.252. The molecule has 222 valence electrons. The minimum absolute atomic E-state index is 0.0345. The van der Waals surface area contributed by atoms with Crippen molar-refractivity contribution in [2.24, 2.45) is 0 Å². The van der Waals surface area contributed by atoms with Crippen LogP contribution in [0.5, 0.6) is 5.75 Å². The van der Waals surface area contributed by atoms with E-state index in [1.54, 1.807) is 18.3 Å². The van der Waals surface area contributed by atoms with Crippen molar-refractivity contribution in [3.63, 3.8) is 0 Å². The number of ether oxygens (including phenoxy) is 1. The highest BCUT2D eigenvalue weighted by molar-refractivity contribution is 7.15. The van der Waals surface area contributed by atoms with Gasteiger partial charge in [-0.2, -0.15) is 5.10 Å². The highest BCUT2D eigenvalue weighted by Gasteiger charge is 2.31. The summed E-state index contributed by atoms with van der Waals surface area (Å²) in [5.74, 6) is -0.647. The molecule has 0 unspecified atom stereocenters. The van der Waals surface area contributed by atoms with Gasteiger partial charge in [0, 0.05) is 12.6 Å². The minimum Gasteiger partial charge on any atom is -0.406 e. The first-order valence-corrected chi connectivity index (χ1v) is 13.8. The molecule has 0 aliphatic rings. The van der Waals surface area contributed by atoms with Gasteiger partial charge in [0.1, 0.15) is 17.3 Å². The number of carbonyl (C=O) groups excluding carboxylic acids is 2. The molecular weight excluding hydrogens is 575 g/mol. The molecule has 0 aliphatic heterocycles. The van der Waals surface area contributed by atoms with Gasteiger partial charge in [0.15, 0.2) is 5.82 Å². The maximum Gasteiger partial charge on any atom is 0.573 e. The second-order valence-electron chi connectivity index (χ2n) is 9.58. The normalized spacial score (nSPS) is 11.5. The van der Waals surface area contributed by atoms with E-state index >= 15 is 0 Å². The van der Waals surface area contributed by atoms with Crippen LogP contribution in [-0.4, -0.2) is 53.6 Å². The van der Waals surface area contributed by atoms with E-state index in [4.69, 9.17) is 0 Å². The summed E-state index contributed by atoms with van der Waals surface area (Å²) >= 11 is 1.31. The van der Waals surface area contributed by atoms with Crippen LogP contribution in [0.25, 0.3) is 0 Å². The Morgan fingerprint density at radius 1 is 0.976 bits per heavy atom. The van der Waals surface area contributed by atoms with Crippen LogP contribution in [0.4, 0.5) is 24.1 Å². The number of aryl methyl sites for hydroxylation is 2. The van der Waals surface area contributed by atoms with Crippen LogP contribution in [0.2, 0.25) is 0 Å². The van der Waals surface area contributed by atoms with Crippen molar-refractivity contribution in [1.82, 2.24) is 35.4 Å². The van der Waals surface area contributed by atoms with E-state index in [0.717, 1.165) is 41.4 Å². The Hall–Kier alpha value is -4.47. The Morgan fingerprint density at radius 2 is 1.79 bits per heavy atom. The Balaban J connectivity index is 1.15. The number of amides is 2. The lowest BCUT2D eigenvalue weighted by atomic mass is 10.1. The van der Waals surface area contributed by atoms with Crippen molar-refractivity contribution in [2.45, 2.75) is 64.8 Å². The van der Waals surface area contributed by atoms with Crippen LogP contribution in [0, 0.1) is 0 Å². The number of anilines is 2. The van der Waals surface area contributed by atoms with Crippen LogP contribution < -0.4 is 15.4 Å². The number of alkyl halides is 3. The number of carbonyl (C=O) groups is 2. The highest BCUT2D eigenvalue weighted by Crippen LogP contribution is 2.24. The second-order valence-corrected chi connectivity index (χ2v) is 10.6. The summed E-state index contributed by atoms with van der Waals surface area (Å²) in [5, 5.41) is 30.8. The maximum absolute atomic E-state index is 12.4. The van der Waals surface area contributed by atoms with Gasteiger partial charge in [0.2, 0.25) is 16.9 Å². The molecule has 0 fully saturated rings. The highest BCUT2D eigenvalue weighted by atomic mass is 32.1. The van der Waals surface area contributed by atoms with Crippen molar-refractivity contribution in [3.8, 4) is 5.75 Å². The first-order valence-electron chi connectivity index (χ1n) is 13.0. The van der Waals surface area contributed by atoms with E-state index in [1.165, 1.54) is 28.2 Å². The number of hydrogen-bond donors (Lipinski definition) is 2. The standard InChI is InChI=1S/C26H28F3N9O3S/c1-16(2)20-14-38(37-33-20)15-23(40)31-25-36-35-24(42-25)9-4-3-7-18-10-11-21(34-32-18)30-22(39)13-17-6-5-8-19(12-17)41-26(27,28)29/h5-6,8,10-12,14,16H,3-4,7,9,13,15H2,1-2H3,(H,30,34,39)(H,31,36,40). The average Bonchev–Trinajstić information content (AvgIpc) is 3.56. The van der Waals surface area contributed by atoms with Gasteiger partial charge in [-0.3, -0.25) is 14.9 Å². The van der Waals surface area contributed by atoms with Crippen LogP contribution in [0.1, 0.15) is 54.6 Å². The van der Waals surface area contributed by atoms with E-state index < -0.39 is 18.0 Å². The maximum atomic E-state index is 12.4. The third-order valence-electron chi connectivity index (χ3n) is 5.72. The lowest BCUT2D eigenvalue weighted by Gasteiger charge is -2.10. The SMILES string of the molecule is CC(C)c1cn(CC(=O)Nc2nnc(CCCCc3ccc(NC(=O)Cc4cccc(OC(F)(F)F)c4)nn3)s2)nn1. The Labute approximate surface area is 242 Å². The molecule has 0 spiro atoms. The average molecular weight is 604 g/mol. The van der Waals surface area contributed by atoms with Gasteiger partial charge in [-0.25, -0.2) is 4.68 Å². The zero-order valence-corrected chi connectivity index (χ0v) is 23.6. The fourth-order valence-electron chi connectivity index (χ4n) is 3.73. The number of halogens is 3. The number of nitrogens with one attached hydrogen (secondary N) is 2. The summed E-state index contributed by atoms with van der Waals surface area (Å²) in [4.78, 5) is 24.6. The number of aromatic nitrogens is 7. The molecule has 2 amide bonds. The molecule has 12 nitrogen and oxygen atoms in total. The van der Waals surface area contributed by atoms with Gasteiger partial charge in [-0.15, -0.1) is 33.6 Å². The summed E-state index contributed by atoms with van der Waals surface area (Å²) in [6, 6.07) is 8.59. The topological polar surface area (TPSA) is 150 Å². The zero-order valence-electron chi connectivity index (χ0n) is 22.8. The molecule has 4 aromatic rings. The van der Waals surface area contributed by atoms with E-state index in [1.807, 2.05) is 13.8 Å². The molecule has 4 rings (SSSR count).